The molecule has 0 spiro atoms. The van der Waals surface area contributed by atoms with Crippen LogP contribution in [-0.2, 0) is 6.61 Å². The molecule has 0 saturated heterocycles. The van der Waals surface area contributed by atoms with Gasteiger partial charge in [-0.05, 0) is 31.2 Å². The van der Waals surface area contributed by atoms with Crippen LogP contribution in [0.25, 0.3) is 0 Å². The zero-order valence-corrected chi connectivity index (χ0v) is 9.58. The van der Waals surface area contributed by atoms with Crippen molar-refractivity contribution in [3.8, 4) is 0 Å². The van der Waals surface area contributed by atoms with Gasteiger partial charge in [0.25, 0.3) is 0 Å². The standard InChI is InChI=1S/C6H6O3.C6H12O2/c7-3-5-1-2-9-6(5)4-8;7-4-5-1-2-6(8)3-5/h1-2,4,7H,3H2;5-8H,1-4H2. The van der Waals surface area contributed by atoms with Crippen molar-refractivity contribution in [1.29, 1.82) is 0 Å². The Balaban J connectivity index is 0.000000171. The van der Waals surface area contributed by atoms with Gasteiger partial charge >= 0.3 is 0 Å². The van der Waals surface area contributed by atoms with Gasteiger partial charge in [0, 0.05) is 12.2 Å². The summed E-state index contributed by atoms with van der Waals surface area (Å²) in [6, 6.07) is 1.56. The van der Waals surface area contributed by atoms with E-state index in [0.29, 0.717) is 17.8 Å². The Hall–Kier alpha value is -1.17. The van der Waals surface area contributed by atoms with Crippen LogP contribution in [0.3, 0.4) is 0 Å². The van der Waals surface area contributed by atoms with Gasteiger partial charge < -0.3 is 19.7 Å². The van der Waals surface area contributed by atoms with Crippen molar-refractivity contribution >= 4 is 6.29 Å². The van der Waals surface area contributed by atoms with Crippen LogP contribution < -0.4 is 0 Å². The molecule has 2 unspecified atom stereocenters. The zero-order valence-electron chi connectivity index (χ0n) is 9.58. The number of carbonyl (C=O) groups is 1. The SMILES string of the molecule is O=Cc1occc1CO.OCC1CCC(O)C1. The van der Waals surface area contributed by atoms with E-state index >= 15 is 0 Å². The second kappa shape index (κ2) is 7.21. The van der Waals surface area contributed by atoms with E-state index in [-0.39, 0.29) is 25.1 Å². The first-order valence-corrected chi connectivity index (χ1v) is 5.62. The Labute approximate surface area is 99.7 Å². The zero-order chi connectivity index (χ0) is 12.7. The van der Waals surface area contributed by atoms with Gasteiger partial charge in [0.15, 0.2) is 12.0 Å². The number of hydrogen-bond donors (Lipinski definition) is 3. The van der Waals surface area contributed by atoms with Crippen molar-refractivity contribution in [1.82, 2.24) is 0 Å². The fourth-order valence-corrected chi connectivity index (χ4v) is 1.80. The maximum absolute atomic E-state index is 10.0. The van der Waals surface area contributed by atoms with E-state index in [1.54, 1.807) is 6.07 Å². The van der Waals surface area contributed by atoms with Crippen molar-refractivity contribution in [2.75, 3.05) is 6.61 Å². The molecule has 1 heterocycles. The summed E-state index contributed by atoms with van der Waals surface area (Å²) in [5.41, 5.74) is 0.532. The molecule has 2 rings (SSSR count). The van der Waals surface area contributed by atoms with Crippen molar-refractivity contribution < 1.29 is 24.5 Å². The molecule has 0 amide bonds. The highest BCUT2D eigenvalue weighted by atomic mass is 16.3. The van der Waals surface area contributed by atoms with Crippen LogP contribution in [0.1, 0.15) is 35.4 Å². The number of carbonyl (C=O) groups excluding carboxylic acids is 1. The highest BCUT2D eigenvalue weighted by Gasteiger charge is 2.21. The van der Waals surface area contributed by atoms with Crippen molar-refractivity contribution in [2.24, 2.45) is 5.92 Å². The molecule has 1 aliphatic rings. The molecule has 1 aliphatic carbocycles. The van der Waals surface area contributed by atoms with Gasteiger partial charge in [-0.2, -0.15) is 0 Å². The minimum absolute atomic E-state index is 0.132. The summed E-state index contributed by atoms with van der Waals surface area (Å²) < 4.78 is 4.68. The highest BCUT2D eigenvalue weighted by Crippen LogP contribution is 2.24. The molecular weight excluding hydrogens is 224 g/mol. The van der Waals surface area contributed by atoms with Crippen molar-refractivity contribution in [3.63, 3.8) is 0 Å². The summed E-state index contributed by atoms with van der Waals surface area (Å²) in [6.07, 6.45) is 4.49. The smallest absolute Gasteiger partial charge is 0.185 e. The third kappa shape index (κ3) is 4.30. The lowest BCUT2D eigenvalue weighted by Crippen LogP contribution is -2.03. The summed E-state index contributed by atoms with van der Waals surface area (Å²) in [4.78, 5) is 10.0. The van der Waals surface area contributed by atoms with Crippen LogP contribution in [0.2, 0.25) is 0 Å². The molecule has 5 nitrogen and oxygen atoms in total. The number of aliphatic hydroxyl groups is 3. The lowest BCUT2D eigenvalue weighted by molar-refractivity contribution is 0.109. The monoisotopic (exact) mass is 242 g/mol. The average molecular weight is 242 g/mol. The minimum atomic E-state index is -0.148. The number of hydrogen-bond acceptors (Lipinski definition) is 5. The Morgan fingerprint density at radius 3 is 2.53 bits per heavy atom. The van der Waals surface area contributed by atoms with E-state index < -0.39 is 0 Å². The van der Waals surface area contributed by atoms with Crippen molar-refractivity contribution in [2.45, 2.75) is 32.0 Å². The molecule has 1 fully saturated rings. The summed E-state index contributed by atoms with van der Waals surface area (Å²) in [6.45, 7) is 0.0988. The maximum atomic E-state index is 10.0. The third-order valence-electron chi connectivity index (χ3n) is 2.83. The Kier molecular flexibility index (Phi) is 5.90. The molecule has 0 aliphatic heterocycles. The summed E-state index contributed by atoms with van der Waals surface area (Å²) in [7, 11) is 0. The minimum Gasteiger partial charge on any atom is -0.461 e. The molecule has 5 heteroatoms. The maximum Gasteiger partial charge on any atom is 0.185 e. The molecule has 2 atom stereocenters. The molecule has 17 heavy (non-hydrogen) atoms. The van der Waals surface area contributed by atoms with Crippen LogP contribution in [0.15, 0.2) is 16.7 Å². The van der Waals surface area contributed by atoms with Crippen LogP contribution in [0.5, 0.6) is 0 Å². The van der Waals surface area contributed by atoms with Gasteiger partial charge in [-0.25, -0.2) is 0 Å². The van der Waals surface area contributed by atoms with E-state index in [1.165, 1.54) is 6.26 Å². The van der Waals surface area contributed by atoms with Gasteiger partial charge in [-0.3, -0.25) is 4.79 Å². The molecule has 1 saturated carbocycles. The van der Waals surface area contributed by atoms with Gasteiger partial charge in [-0.15, -0.1) is 0 Å². The highest BCUT2D eigenvalue weighted by molar-refractivity contribution is 5.72. The Bertz CT molecular complexity index is 333. The molecule has 96 valence electrons. The molecular formula is C12H18O5. The summed E-state index contributed by atoms with van der Waals surface area (Å²) in [5, 5.41) is 26.0. The first-order chi connectivity index (χ1) is 8.21. The average Bonchev–Trinajstić information content (AvgIpc) is 2.97. The number of aliphatic hydroxyl groups excluding tert-OH is 3. The van der Waals surface area contributed by atoms with E-state index in [4.69, 9.17) is 15.3 Å². The lowest BCUT2D eigenvalue weighted by Gasteiger charge is -2.00. The lowest BCUT2D eigenvalue weighted by atomic mass is 10.1. The Morgan fingerprint density at radius 1 is 1.41 bits per heavy atom. The molecule has 1 aromatic rings. The van der Waals surface area contributed by atoms with E-state index in [9.17, 15) is 4.79 Å². The second-order valence-electron chi connectivity index (χ2n) is 4.10. The Morgan fingerprint density at radius 2 is 2.18 bits per heavy atom. The first-order valence-electron chi connectivity index (χ1n) is 5.62. The van der Waals surface area contributed by atoms with E-state index in [2.05, 4.69) is 4.42 Å². The van der Waals surface area contributed by atoms with Crippen LogP contribution >= 0.6 is 0 Å². The number of rotatable bonds is 3. The van der Waals surface area contributed by atoms with Crippen molar-refractivity contribution in [3.05, 3.63) is 23.7 Å². The predicted octanol–water partition coefficient (Wildman–Crippen LogP) is 0.724. The third-order valence-corrected chi connectivity index (χ3v) is 2.83. The van der Waals surface area contributed by atoms with Gasteiger partial charge in [0.05, 0.1) is 19.0 Å². The fourth-order valence-electron chi connectivity index (χ4n) is 1.80. The van der Waals surface area contributed by atoms with Crippen LogP contribution in [0, 0.1) is 5.92 Å². The molecule has 0 radical (unpaired) electrons. The predicted molar refractivity (Wildman–Crippen MR) is 60.5 cm³/mol. The van der Waals surface area contributed by atoms with E-state index in [0.717, 1.165) is 19.3 Å². The molecule has 1 aromatic heterocycles. The largest absolute Gasteiger partial charge is 0.461 e. The van der Waals surface area contributed by atoms with Gasteiger partial charge in [0.1, 0.15) is 0 Å². The molecule has 0 aromatic carbocycles. The second-order valence-corrected chi connectivity index (χ2v) is 4.10. The quantitative estimate of drug-likeness (QED) is 0.679. The van der Waals surface area contributed by atoms with Gasteiger partial charge in [0.2, 0.25) is 0 Å². The first kappa shape index (κ1) is 13.9. The fraction of sp³-hybridized carbons (Fsp3) is 0.583. The number of aldehydes is 1. The molecule has 3 N–H and O–H groups in total. The topological polar surface area (TPSA) is 90.9 Å². The molecule has 0 bridgehead atoms. The normalized spacial score (nSPS) is 23.0. The summed E-state index contributed by atoms with van der Waals surface area (Å²) >= 11 is 0. The van der Waals surface area contributed by atoms with E-state index in [1.807, 2.05) is 0 Å². The van der Waals surface area contributed by atoms with Crippen LogP contribution in [0.4, 0.5) is 0 Å². The van der Waals surface area contributed by atoms with Crippen LogP contribution in [-0.4, -0.2) is 34.3 Å². The summed E-state index contributed by atoms with van der Waals surface area (Å²) in [5.74, 6) is 0.586. The van der Waals surface area contributed by atoms with Gasteiger partial charge in [-0.1, -0.05) is 0 Å². The number of furan rings is 1.